The Balaban J connectivity index is 2.19. The average Bonchev–Trinajstić information content (AvgIpc) is 2.70. The first-order valence-electron chi connectivity index (χ1n) is 6.38. The molecule has 0 radical (unpaired) electrons. The molecule has 0 saturated heterocycles. The van der Waals surface area contributed by atoms with E-state index in [1.807, 2.05) is 45.9 Å². The molecule has 0 aliphatic heterocycles. The van der Waals surface area contributed by atoms with Crippen LogP contribution >= 0.6 is 0 Å². The summed E-state index contributed by atoms with van der Waals surface area (Å²) in [6.07, 6.45) is 0.204. The third kappa shape index (κ3) is 3.48. The quantitative estimate of drug-likeness (QED) is 0.588. The van der Waals surface area contributed by atoms with Crippen molar-refractivity contribution in [3.8, 4) is 11.8 Å². The summed E-state index contributed by atoms with van der Waals surface area (Å²) in [6, 6.07) is 7.67. The maximum atomic E-state index is 12.0. The molecule has 0 aliphatic carbocycles. The molecule has 0 bridgehead atoms. The van der Waals surface area contributed by atoms with Crippen molar-refractivity contribution in [3.63, 3.8) is 0 Å². The van der Waals surface area contributed by atoms with Gasteiger partial charge >= 0.3 is 0 Å². The largest absolute Gasteiger partial charge is 0.453 e. The Morgan fingerprint density at radius 2 is 2.00 bits per heavy atom. The molecular formula is C17H18O2. The molecule has 0 saturated carbocycles. The normalized spacial score (nSPS) is 11.2. The zero-order chi connectivity index (χ0) is 14.0. The molecular weight excluding hydrogens is 236 g/mol. The third-order valence-corrected chi connectivity index (χ3v) is 2.66. The molecule has 2 rings (SSSR count). The molecule has 0 spiro atoms. The highest BCUT2D eigenvalue weighted by Gasteiger charge is 2.11. The number of rotatable bonds is 2. The van der Waals surface area contributed by atoms with E-state index in [2.05, 4.69) is 11.8 Å². The Kier molecular flexibility index (Phi) is 3.48. The van der Waals surface area contributed by atoms with Crippen molar-refractivity contribution in [1.82, 2.24) is 0 Å². The Labute approximate surface area is 113 Å². The van der Waals surface area contributed by atoms with Gasteiger partial charge in [-0.25, -0.2) is 0 Å². The summed E-state index contributed by atoms with van der Waals surface area (Å²) in [5.74, 6) is 6.30. The molecule has 2 nitrogen and oxygen atoms in total. The lowest BCUT2D eigenvalue weighted by Gasteiger charge is -2.06. The summed E-state index contributed by atoms with van der Waals surface area (Å²) in [7, 11) is 0. The van der Waals surface area contributed by atoms with Crippen molar-refractivity contribution in [2.75, 3.05) is 0 Å². The van der Waals surface area contributed by atoms with Crippen LogP contribution in [-0.2, 0) is 0 Å². The van der Waals surface area contributed by atoms with Gasteiger partial charge in [0.15, 0.2) is 5.76 Å². The van der Waals surface area contributed by atoms with E-state index in [4.69, 9.17) is 4.42 Å². The Morgan fingerprint density at radius 3 is 2.68 bits per heavy atom. The van der Waals surface area contributed by atoms with E-state index in [-0.39, 0.29) is 17.6 Å². The zero-order valence-electron chi connectivity index (χ0n) is 11.8. The smallest absolute Gasteiger partial charge is 0.209 e. The first-order valence-corrected chi connectivity index (χ1v) is 6.38. The van der Waals surface area contributed by atoms with Crippen LogP contribution in [0, 0.1) is 24.2 Å². The molecule has 0 aliphatic rings. The van der Waals surface area contributed by atoms with E-state index < -0.39 is 0 Å². The molecule has 19 heavy (non-hydrogen) atoms. The van der Waals surface area contributed by atoms with Crippen molar-refractivity contribution in [3.05, 3.63) is 35.6 Å². The number of fused-ring (bicyclic) bond motifs is 1. The molecule has 0 fully saturated rings. The number of aryl methyl sites for hydroxylation is 1. The van der Waals surface area contributed by atoms with Crippen molar-refractivity contribution >= 4 is 16.8 Å². The summed E-state index contributed by atoms with van der Waals surface area (Å²) in [6.45, 7) is 8.08. The SMILES string of the molecule is Cc1ccc2oc(C(=O)CC#CC(C)(C)C)cc2c1. The van der Waals surface area contributed by atoms with Gasteiger partial charge < -0.3 is 4.42 Å². The van der Waals surface area contributed by atoms with E-state index in [0.29, 0.717) is 5.76 Å². The molecule has 0 atom stereocenters. The van der Waals surface area contributed by atoms with Crippen LogP contribution in [0.4, 0.5) is 0 Å². The van der Waals surface area contributed by atoms with Crippen LogP contribution in [0.5, 0.6) is 0 Å². The summed E-state index contributed by atoms with van der Waals surface area (Å²) in [4.78, 5) is 12.0. The minimum Gasteiger partial charge on any atom is -0.453 e. The van der Waals surface area contributed by atoms with Gasteiger partial charge in [0.05, 0.1) is 6.42 Å². The fourth-order valence-corrected chi connectivity index (χ4v) is 1.78. The zero-order valence-corrected chi connectivity index (χ0v) is 11.8. The predicted octanol–water partition coefficient (Wildman–Crippen LogP) is 4.36. The first kappa shape index (κ1) is 13.4. The summed E-state index contributed by atoms with van der Waals surface area (Å²) >= 11 is 0. The highest BCUT2D eigenvalue weighted by molar-refractivity contribution is 5.98. The van der Waals surface area contributed by atoms with E-state index >= 15 is 0 Å². The van der Waals surface area contributed by atoms with Gasteiger partial charge in [0.25, 0.3) is 0 Å². The van der Waals surface area contributed by atoms with Gasteiger partial charge in [-0.15, -0.1) is 0 Å². The molecule has 98 valence electrons. The van der Waals surface area contributed by atoms with Crippen LogP contribution in [0.2, 0.25) is 0 Å². The van der Waals surface area contributed by atoms with Gasteiger partial charge in [-0.3, -0.25) is 4.79 Å². The number of hydrogen-bond donors (Lipinski definition) is 0. The molecule has 1 heterocycles. The van der Waals surface area contributed by atoms with E-state index in [1.54, 1.807) is 6.07 Å². The van der Waals surface area contributed by atoms with Crippen molar-refractivity contribution < 1.29 is 9.21 Å². The van der Waals surface area contributed by atoms with Gasteiger partial charge in [0.1, 0.15) is 5.58 Å². The maximum absolute atomic E-state index is 12.0. The molecule has 2 aromatic rings. The molecule has 0 N–H and O–H groups in total. The maximum Gasteiger partial charge on any atom is 0.209 e. The minimum absolute atomic E-state index is 0.0643. The molecule has 1 aromatic carbocycles. The second-order valence-corrected chi connectivity index (χ2v) is 5.80. The lowest BCUT2D eigenvalue weighted by atomic mass is 9.97. The Bertz CT molecular complexity index is 673. The summed E-state index contributed by atoms with van der Waals surface area (Å²) in [5, 5.41) is 0.965. The number of carbonyl (C=O) groups is 1. The third-order valence-electron chi connectivity index (χ3n) is 2.66. The molecule has 0 amide bonds. The van der Waals surface area contributed by atoms with Gasteiger partial charge in [-0.1, -0.05) is 23.5 Å². The average molecular weight is 254 g/mol. The van der Waals surface area contributed by atoms with Crippen LogP contribution in [0.1, 0.15) is 43.3 Å². The van der Waals surface area contributed by atoms with E-state index in [9.17, 15) is 4.79 Å². The Morgan fingerprint density at radius 1 is 1.26 bits per heavy atom. The van der Waals surface area contributed by atoms with Gasteiger partial charge in [0, 0.05) is 10.8 Å². The van der Waals surface area contributed by atoms with Crippen LogP contribution in [-0.4, -0.2) is 5.78 Å². The lowest BCUT2D eigenvalue weighted by Crippen LogP contribution is -2.00. The van der Waals surface area contributed by atoms with E-state index in [0.717, 1.165) is 16.5 Å². The van der Waals surface area contributed by atoms with Crippen molar-refractivity contribution in [2.24, 2.45) is 5.41 Å². The molecule has 1 aromatic heterocycles. The number of ketones is 1. The molecule has 0 unspecified atom stereocenters. The number of hydrogen-bond acceptors (Lipinski definition) is 2. The first-order chi connectivity index (χ1) is 8.85. The van der Waals surface area contributed by atoms with Crippen molar-refractivity contribution in [2.45, 2.75) is 34.1 Å². The van der Waals surface area contributed by atoms with Crippen LogP contribution in [0.3, 0.4) is 0 Å². The van der Waals surface area contributed by atoms with Crippen LogP contribution in [0.25, 0.3) is 11.0 Å². The van der Waals surface area contributed by atoms with Crippen LogP contribution in [0.15, 0.2) is 28.7 Å². The summed E-state index contributed by atoms with van der Waals surface area (Å²) < 4.78 is 5.55. The number of furan rings is 1. The molecule has 2 heteroatoms. The standard InChI is InChI=1S/C17H18O2/c1-12-7-8-15-13(10-12)11-16(19-15)14(18)6-5-9-17(2,3)4/h7-8,10-11H,6H2,1-4H3. The lowest BCUT2D eigenvalue weighted by molar-refractivity contribution is 0.0974. The van der Waals surface area contributed by atoms with Crippen molar-refractivity contribution in [1.29, 1.82) is 0 Å². The second-order valence-electron chi connectivity index (χ2n) is 5.80. The topological polar surface area (TPSA) is 30.2 Å². The monoisotopic (exact) mass is 254 g/mol. The highest BCUT2D eigenvalue weighted by Crippen LogP contribution is 2.21. The van der Waals surface area contributed by atoms with Gasteiger partial charge in [0.2, 0.25) is 5.78 Å². The minimum atomic E-state index is -0.0781. The van der Waals surface area contributed by atoms with Gasteiger partial charge in [-0.05, 0) is 45.9 Å². The summed E-state index contributed by atoms with van der Waals surface area (Å²) in [5.41, 5.74) is 1.82. The second kappa shape index (κ2) is 4.93. The number of benzene rings is 1. The van der Waals surface area contributed by atoms with Crippen LogP contribution < -0.4 is 0 Å². The van der Waals surface area contributed by atoms with Gasteiger partial charge in [-0.2, -0.15) is 0 Å². The Hall–Kier alpha value is -2.01. The number of carbonyl (C=O) groups excluding carboxylic acids is 1. The van der Waals surface area contributed by atoms with E-state index in [1.165, 1.54) is 0 Å². The highest BCUT2D eigenvalue weighted by atomic mass is 16.3. The fourth-order valence-electron chi connectivity index (χ4n) is 1.78. The predicted molar refractivity (Wildman–Crippen MR) is 77.1 cm³/mol. The fraction of sp³-hybridized carbons (Fsp3) is 0.353. The number of Topliss-reactive ketones (excluding diaryl/α,β-unsaturated/α-hetero) is 1.